The van der Waals surface area contributed by atoms with Gasteiger partial charge in [-0.05, 0) is 54.0 Å². The Morgan fingerprint density at radius 1 is 0.880 bits per heavy atom. The predicted octanol–water partition coefficient (Wildman–Crippen LogP) is 6.95. The molecule has 0 aliphatic heterocycles. The summed E-state index contributed by atoms with van der Waals surface area (Å²) in [7, 11) is 0. The predicted molar refractivity (Wildman–Crippen MR) is 104 cm³/mol. The molecular formula is C20H37BrF2O2. The van der Waals surface area contributed by atoms with Crippen LogP contribution in [0.5, 0.6) is 0 Å². The average molecular weight is 427 g/mol. The number of ether oxygens (including phenoxy) is 2. The van der Waals surface area contributed by atoms with Crippen LogP contribution in [0.3, 0.4) is 0 Å². The maximum Gasteiger partial charge on any atom is 0.301 e. The van der Waals surface area contributed by atoms with Gasteiger partial charge in [0.2, 0.25) is 0 Å². The molecule has 0 aromatic rings. The van der Waals surface area contributed by atoms with Gasteiger partial charge in [0.25, 0.3) is 0 Å². The molecule has 0 atom stereocenters. The summed E-state index contributed by atoms with van der Waals surface area (Å²) >= 11 is 2.53. The summed E-state index contributed by atoms with van der Waals surface area (Å²) in [6.45, 7) is 6.79. The van der Waals surface area contributed by atoms with E-state index in [1.54, 1.807) is 0 Å². The number of unbranched alkanes of at least 4 members (excludes halogenated alkanes) is 2. The number of hydrogen-bond donors (Lipinski definition) is 0. The van der Waals surface area contributed by atoms with Gasteiger partial charge in [-0.2, -0.15) is 8.78 Å². The lowest BCUT2D eigenvalue weighted by Crippen LogP contribution is -2.42. The number of rotatable bonds is 14. The van der Waals surface area contributed by atoms with Crippen molar-refractivity contribution in [3.8, 4) is 0 Å². The zero-order valence-electron chi connectivity index (χ0n) is 16.1. The van der Waals surface area contributed by atoms with Gasteiger partial charge < -0.3 is 9.47 Å². The van der Waals surface area contributed by atoms with Crippen molar-refractivity contribution in [2.45, 2.75) is 89.3 Å². The van der Waals surface area contributed by atoms with E-state index in [9.17, 15) is 8.78 Å². The molecule has 0 bridgehead atoms. The molecule has 1 rings (SSSR count). The molecule has 25 heavy (non-hydrogen) atoms. The van der Waals surface area contributed by atoms with Crippen molar-refractivity contribution >= 4 is 15.9 Å². The molecule has 1 fully saturated rings. The standard InChI is InChI=1S/C20H37BrF2O2/c1-3-5-14-24-16-19(12-13-20(21,22)23,17-25-15-6-4-2)18-10-8-7-9-11-18/h18H,3-17H2,1-2H3. The molecule has 0 saturated heterocycles. The van der Waals surface area contributed by atoms with Crippen molar-refractivity contribution in [2.24, 2.45) is 11.3 Å². The Hall–Kier alpha value is 0.260. The van der Waals surface area contributed by atoms with E-state index in [4.69, 9.17) is 9.47 Å². The molecule has 0 radical (unpaired) electrons. The van der Waals surface area contributed by atoms with Gasteiger partial charge in [0.05, 0.1) is 13.2 Å². The van der Waals surface area contributed by atoms with Gasteiger partial charge in [-0.3, -0.25) is 0 Å². The van der Waals surface area contributed by atoms with Crippen LogP contribution in [-0.4, -0.2) is 31.3 Å². The second kappa shape index (κ2) is 12.6. The van der Waals surface area contributed by atoms with E-state index in [0.29, 0.717) is 38.8 Å². The van der Waals surface area contributed by atoms with Crippen LogP contribution in [0.25, 0.3) is 0 Å². The Labute approximate surface area is 161 Å². The van der Waals surface area contributed by atoms with Gasteiger partial charge in [0, 0.05) is 25.0 Å². The molecule has 0 spiro atoms. The smallest absolute Gasteiger partial charge is 0.301 e. The normalized spacial score (nSPS) is 17.2. The van der Waals surface area contributed by atoms with E-state index in [1.165, 1.54) is 19.3 Å². The molecule has 0 aromatic carbocycles. The monoisotopic (exact) mass is 426 g/mol. The van der Waals surface area contributed by atoms with Gasteiger partial charge in [-0.25, -0.2) is 0 Å². The Morgan fingerprint density at radius 2 is 1.40 bits per heavy atom. The summed E-state index contributed by atoms with van der Waals surface area (Å²) in [6, 6.07) is 0. The van der Waals surface area contributed by atoms with Crippen LogP contribution >= 0.6 is 15.9 Å². The molecule has 150 valence electrons. The van der Waals surface area contributed by atoms with E-state index in [2.05, 4.69) is 29.8 Å². The third kappa shape index (κ3) is 9.67. The first-order valence-corrected chi connectivity index (χ1v) is 10.9. The Bertz CT molecular complexity index is 316. The second-order valence-corrected chi connectivity index (χ2v) is 8.78. The van der Waals surface area contributed by atoms with E-state index < -0.39 is 4.83 Å². The maximum atomic E-state index is 13.5. The molecule has 2 nitrogen and oxygen atoms in total. The van der Waals surface area contributed by atoms with Crippen LogP contribution in [0.2, 0.25) is 0 Å². The highest BCUT2D eigenvalue weighted by Crippen LogP contribution is 2.45. The lowest BCUT2D eigenvalue weighted by Gasteiger charge is -2.43. The lowest BCUT2D eigenvalue weighted by molar-refractivity contribution is -0.0786. The van der Waals surface area contributed by atoms with E-state index in [-0.39, 0.29) is 11.8 Å². The molecule has 0 amide bonds. The van der Waals surface area contributed by atoms with E-state index in [0.717, 1.165) is 38.5 Å². The molecule has 0 heterocycles. The molecule has 5 heteroatoms. The minimum Gasteiger partial charge on any atom is -0.381 e. The van der Waals surface area contributed by atoms with Gasteiger partial charge in [0.1, 0.15) is 0 Å². The maximum absolute atomic E-state index is 13.5. The molecule has 1 aliphatic carbocycles. The fraction of sp³-hybridized carbons (Fsp3) is 1.00. The first-order chi connectivity index (χ1) is 11.9. The van der Waals surface area contributed by atoms with Crippen LogP contribution in [-0.2, 0) is 9.47 Å². The molecule has 1 saturated carbocycles. The highest BCUT2D eigenvalue weighted by atomic mass is 79.9. The van der Waals surface area contributed by atoms with Crippen LogP contribution in [0.15, 0.2) is 0 Å². The molecule has 1 aliphatic rings. The summed E-state index contributed by atoms with van der Waals surface area (Å²) in [4.78, 5) is -2.81. The quantitative estimate of drug-likeness (QED) is 0.221. The third-order valence-corrected chi connectivity index (χ3v) is 5.84. The minimum absolute atomic E-state index is 0.155. The highest BCUT2D eigenvalue weighted by Gasteiger charge is 2.42. The summed E-state index contributed by atoms with van der Waals surface area (Å²) in [6.07, 6.45) is 10.4. The van der Waals surface area contributed by atoms with Crippen LogP contribution in [0, 0.1) is 11.3 Å². The first-order valence-electron chi connectivity index (χ1n) is 10.2. The zero-order chi connectivity index (χ0) is 18.6. The Balaban J connectivity index is 2.80. The molecule has 0 unspecified atom stereocenters. The van der Waals surface area contributed by atoms with Crippen LogP contribution in [0.4, 0.5) is 8.78 Å². The van der Waals surface area contributed by atoms with Crippen molar-refractivity contribution in [1.82, 2.24) is 0 Å². The number of halogens is 3. The van der Waals surface area contributed by atoms with Crippen molar-refractivity contribution in [3.63, 3.8) is 0 Å². The van der Waals surface area contributed by atoms with Gasteiger partial charge in [-0.15, -0.1) is 0 Å². The Morgan fingerprint density at radius 3 is 1.84 bits per heavy atom. The minimum atomic E-state index is -2.81. The summed E-state index contributed by atoms with van der Waals surface area (Å²) in [5.74, 6) is 0.430. The first kappa shape index (κ1) is 23.3. The number of hydrogen-bond acceptors (Lipinski definition) is 2. The van der Waals surface area contributed by atoms with E-state index >= 15 is 0 Å². The van der Waals surface area contributed by atoms with Crippen LogP contribution < -0.4 is 0 Å². The molecular weight excluding hydrogens is 390 g/mol. The summed E-state index contributed by atoms with van der Waals surface area (Å²) in [5.41, 5.74) is -0.279. The number of alkyl halides is 3. The van der Waals surface area contributed by atoms with Crippen LogP contribution in [0.1, 0.15) is 84.5 Å². The third-order valence-electron chi connectivity index (χ3n) is 5.44. The fourth-order valence-electron chi connectivity index (χ4n) is 3.78. The summed E-state index contributed by atoms with van der Waals surface area (Å²) < 4.78 is 39.0. The van der Waals surface area contributed by atoms with Crippen molar-refractivity contribution < 1.29 is 18.3 Å². The van der Waals surface area contributed by atoms with Gasteiger partial charge in [0.15, 0.2) is 0 Å². The topological polar surface area (TPSA) is 18.5 Å². The average Bonchev–Trinajstić information content (AvgIpc) is 2.60. The molecule has 0 N–H and O–H groups in total. The van der Waals surface area contributed by atoms with Gasteiger partial charge in [-0.1, -0.05) is 46.0 Å². The lowest BCUT2D eigenvalue weighted by atomic mass is 9.67. The van der Waals surface area contributed by atoms with Gasteiger partial charge >= 0.3 is 4.83 Å². The molecule has 0 aromatic heterocycles. The van der Waals surface area contributed by atoms with Crippen molar-refractivity contribution in [3.05, 3.63) is 0 Å². The summed E-state index contributed by atoms with van der Waals surface area (Å²) in [5, 5.41) is 0. The largest absolute Gasteiger partial charge is 0.381 e. The fourth-order valence-corrected chi connectivity index (χ4v) is 3.97. The zero-order valence-corrected chi connectivity index (χ0v) is 17.7. The Kier molecular flexibility index (Phi) is 11.8. The SMILES string of the molecule is CCCCOCC(CCC(F)(F)Br)(COCCCC)C1CCCCC1. The highest BCUT2D eigenvalue weighted by molar-refractivity contribution is 9.09. The van der Waals surface area contributed by atoms with Crippen molar-refractivity contribution in [2.75, 3.05) is 26.4 Å². The second-order valence-electron chi connectivity index (χ2n) is 7.62. The van der Waals surface area contributed by atoms with E-state index in [1.807, 2.05) is 0 Å². The van der Waals surface area contributed by atoms with Crippen molar-refractivity contribution in [1.29, 1.82) is 0 Å².